The summed E-state index contributed by atoms with van der Waals surface area (Å²) in [6.45, 7) is 3.56. The lowest BCUT2D eigenvalue weighted by molar-refractivity contribution is -0.119. The highest BCUT2D eigenvalue weighted by Gasteiger charge is 2.45. The molecule has 9 nitrogen and oxygen atoms in total. The van der Waals surface area contributed by atoms with Crippen molar-refractivity contribution >= 4 is 52.1 Å². The Labute approximate surface area is 301 Å². The van der Waals surface area contributed by atoms with E-state index >= 15 is 0 Å². The number of nitrogens with one attached hydrogen (secondary N) is 4. The molecule has 2 aromatic heterocycles. The molecule has 1 saturated heterocycles. The number of H-pyrrole nitrogens is 1. The van der Waals surface area contributed by atoms with Crippen molar-refractivity contribution in [3.8, 4) is 0 Å². The van der Waals surface area contributed by atoms with Gasteiger partial charge in [0.05, 0.1) is 19.3 Å². The number of halogens is 1. The zero-order valence-corrected chi connectivity index (χ0v) is 29.7. The SMILES string of the molecule is COC(=O)N[C@H](C(=O)Nc1ccccc1CC[C@@H]1CNC[C@@H](CCSc2ccc(Cl)cc2)O1)C(C)(c1ccccc1)c1c[nH]c2ncccc12. The van der Waals surface area contributed by atoms with Crippen molar-refractivity contribution in [2.75, 3.05) is 31.3 Å². The van der Waals surface area contributed by atoms with E-state index in [2.05, 4.69) is 25.9 Å². The number of rotatable bonds is 13. The van der Waals surface area contributed by atoms with Gasteiger partial charge in [0.15, 0.2) is 0 Å². The van der Waals surface area contributed by atoms with E-state index in [0.717, 1.165) is 58.8 Å². The first-order valence-electron chi connectivity index (χ1n) is 16.8. The molecule has 4 atom stereocenters. The number of methoxy groups -OCH3 is 1. The number of aromatic nitrogens is 2. The lowest BCUT2D eigenvalue weighted by Crippen LogP contribution is -2.56. The monoisotopic (exact) mass is 711 g/mol. The summed E-state index contributed by atoms with van der Waals surface area (Å²) in [5.41, 5.74) is 3.01. The predicted octanol–water partition coefficient (Wildman–Crippen LogP) is 7.36. The average molecular weight is 712 g/mol. The van der Waals surface area contributed by atoms with Crippen LogP contribution in [-0.2, 0) is 26.1 Å². The van der Waals surface area contributed by atoms with Gasteiger partial charge in [-0.2, -0.15) is 0 Å². The molecule has 50 heavy (non-hydrogen) atoms. The summed E-state index contributed by atoms with van der Waals surface area (Å²) in [5, 5.41) is 11.2. The Morgan fingerprint density at radius 3 is 2.52 bits per heavy atom. The van der Waals surface area contributed by atoms with Crippen molar-refractivity contribution in [2.45, 2.75) is 54.7 Å². The minimum Gasteiger partial charge on any atom is -0.453 e. The Kier molecular flexibility index (Phi) is 11.8. The van der Waals surface area contributed by atoms with Gasteiger partial charge in [0.25, 0.3) is 0 Å². The van der Waals surface area contributed by atoms with Crippen LogP contribution in [0.4, 0.5) is 10.5 Å². The number of nitrogens with zero attached hydrogens (tertiary/aromatic N) is 1. The molecule has 260 valence electrons. The minimum absolute atomic E-state index is 0.0450. The number of hydrogen-bond acceptors (Lipinski definition) is 7. The van der Waals surface area contributed by atoms with Gasteiger partial charge in [-0.25, -0.2) is 9.78 Å². The number of carbonyl (C=O) groups excluding carboxylic acids is 2. The van der Waals surface area contributed by atoms with Crippen LogP contribution in [0, 0.1) is 0 Å². The van der Waals surface area contributed by atoms with E-state index in [9.17, 15) is 9.59 Å². The summed E-state index contributed by atoms with van der Waals surface area (Å²) >= 11 is 7.83. The molecule has 6 rings (SSSR count). The molecule has 0 radical (unpaired) electrons. The number of thioether (sulfide) groups is 1. The minimum atomic E-state index is -1.05. The molecule has 0 bridgehead atoms. The molecular weight excluding hydrogens is 670 g/mol. The molecule has 1 fully saturated rings. The summed E-state index contributed by atoms with van der Waals surface area (Å²) in [7, 11) is 1.29. The van der Waals surface area contributed by atoms with Crippen molar-refractivity contribution in [1.29, 1.82) is 0 Å². The third-order valence-electron chi connectivity index (χ3n) is 9.33. The third kappa shape index (κ3) is 8.33. The van der Waals surface area contributed by atoms with Crippen molar-refractivity contribution < 1.29 is 19.1 Å². The zero-order chi connectivity index (χ0) is 34.9. The number of carbonyl (C=O) groups is 2. The first-order chi connectivity index (χ1) is 24.3. The Hall–Kier alpha value is -4.35. The standard InChI is InChI=1S/C39H42ClN5O4S/c1-39(27-10-4-3-5-11-27,33-25-43-36-32(33)12-8-21-42-36)35(45-38(47)48-2)37(46)44-34-13-7-6-9-26(34)14-17-29-23-41-24-30(49-29)20-22-50-31-18-15-28(40)16-19-31/h3-13,15-16,18-19,21,25,29-30,35,41H,14,17,20,22-24H2,1-2H3,(H,42,43)(H,44,46)(H,45,47)/t29-,30-,35-,39?/m1/s1. The number of benzene rings is 3. The molecule has 0 aliphatic carbocycles. The number of hydrogen-bond donors (Lipinski definition) is 4. The fraction of sp³-hybridized carbons (Fsp3) is 0.308. The molecule has 3 heterocycles. The summed E-state index contributed by atoms with van der Waals surface area (Å²) < 4.78 is 11.5. The molecule has 1 unspecified atom stereocenters. The second kappa shape index (κ2) is 16.6. The first-order valence-corrected chi connectivity index (χ1v) is 18.2. The third-order valence-corrected chi connectivity index (χ3v) is 10.6. The number of ether oxygens (including phenoxy) is 2. The predicted molar refractivity (Wildman–Crippen MR) is 200 cm³/mol. The molecule has 1 aliphatic rings. The van der Waals surface area contributed by atoms with E-state index in [-0.39, 0.29) is 18.1 Å². The molecule has 11 heteroatoms. The number of aryl methyl sites for hydroxylation is 1. The van der Waals surface area contributed by atoms with Gasteiger partial charge in [-0.1, -0.05) is 60.1 Å². The molecule has 0 spiro atoms. The van der Waals surface area contributed by atoms with Crippen LogP contribution in [0.1, 0.15) is 36.5 Å². The molecular formula is C39H42ClN5O4S. The quantitative estimate of drug-likeness (QED) is 0.0944. The number of morpholine rings is 1. The van der Waals surface area contributed by atoms with Crippen molar-refractivity contribution in [2.24, 2.45) is 0 Å². The van der Waals surface area contributed by atoms with Crippen LogP contribution < -0.4 is 16.0 Å². The number of fused-ring (bicyclic) bond motifs is 1. The van der Waals surface area contributed by atoms with Gasteiger partial charge in [-0.05, 0) is 85.3 Å². The van der Waals surface area contributed by atoms with Gasteiger partial charge in [-0.15, -0.1) is 11.8 Å². The van der Waals surface area contributed by atoms with Crippen LogP contribution in [0.25, 0.3) is 11.0 Å². The van der Waals surface area contributed by atoms with E-state index in [0.29, 0.717) is 17.8 Å². The largest absolute Gasteiger partial charge is 0.453 e. The van der Waals surface area contributed by atoms with Crippen LogP contribution in [-0.4, -0.2) is 66.2 Å². The summed E-state index contributed by atoms with van der Waals surface area (Å²) in [5.74, 6) is 0.578. The number of pyridine rings is 1. The van der Waals surface area contributed by atoms with E-state index in [1.807, 2.05) is 104 Å². The maximum atomic E-state index is 14.5. The fourth-order valence-electron chi connectivity index (χ4n) is 6.63. The molecule has 2 amide bonds. The van der Waals surface area contributed by atoms with Gasteiger partial charge in [0.1, 0.15) is 11.7 Å². The Bertz CT molecular complexity index is 1890. The topological polar surface area (TPSA) is 117 Å². The van der Waals surface area contributed by atoms with Gasteiger partial charge in [-0.3, -0.25) is 4.79 Å². The number of anilines is 1. The van der Waals surface area contributed by atoms with E-state index in [1.54, 1.807) is 18.0 Å². The number of alkyl carbamates (subject to hydrolysis) is 1. The van der Waals surface area contributed by atoms with Gasteiger partial charge < -0.3 is 30.4 Å². The van der Waals surface area contributed by atoms with E-state index < -0.39 is 17.6 Å². The summed E-state index contributed by atoms with van der Waals surface area (Å²) in [6.07, 6.45) is 5.47. The Morgan fingerprint density at radius 1 is 1.00 bits per heavy atom. The fourth-order valence-corrected chi connectivity index (χ4v) is 7.70. The molecule has 1 aliphatic heterocycles. The number of amides is 2. The highest BCUT2D eigenvalue weighted by atomic mass is 35.5. The highest BCUT2D eigenvalue weighted by molar-refractivity contribution is 7.99. The van der Waals surface area contributed by atoms with Crippen LogP contribution in [0.3, 0.4) is 0 Å². The van der Waals surface area contributed by atoms with Crippen LogP contribution >= 0.6 is 23.4 Å². The maximum Gasteiger partial charge on any atom is 0.407 e. The second-order valence-corrected chi connectivity index (χ2v) is 14.2. The van der Waals surface area contributed by atoms with Gasteiger partial charge >= 0.3 is 6.09 Å². The van der Waals surface area contributed by atoms with Crippen molar-refractivity contribution in [3.05, 3.63) is 125 Å². The normalized spacial score (nSPS) is 17.8. The summed E-state index contributed by atoms with van der Waals surface area (Å²) in [6, 6.07) is 28.2. The number of para-hydroxylation sites is 1. The summed E-state index contributed by atoms with van der Waals surface area (Å²) in [4.78, 5) is 36.3. The Balaban J connectivity index is 1.18. The molecule has 3 aromatic carbocycles. The first kappa shape index (κ1) is 35.5. The van der Waals surface area contributed by atoms with Crippen LogP contribution in [0.15, 0.2) is 108 Å². The van der Waals surface area contributed by atoms with Gasteiger partial charge in [0.2, 0.25) is 5.91 Å². The lowest BCUT2D eigenvalue weighted by atomic mass is 9.70. The lowest BCUT2D eigenvalue weighted by Gasteiger charge is -2.37. The van der Waals surface area contributed by atoms with Crippen LogP contribution in [0.2, 0.25) is 5.02 Å². The second-order valence-electron chi connectivity index (χ2n) is 12.6. The van der Waals surface area contributed by atoms with Gasteiger partial charge in [0, 0.05) is 57.6 Å². The smallest absolute Gasteiger partial charge is 0.407 e. The maximum absolute atomic E-state index is 14.5. The van der Waals surface area contributed by atoms with E-state index in [4.69, 9.17) is 21.1 Å². The zero-order valence-electron chi connectivity index (χ0n) is 28.2. The van der Waals surface area contributed by atoms with E-state index in [1.165, 1.54) is 12.0 Å². The molecule has 4 N–H and O–H groups in total. The average Bonchev–Trinajstić information content (AvgIpc) is 3.59. The molecule has 0 saturated carbocycles. The molecule has 5 aromatic rings. The van der Waals surface area contributed by atoms with Crippen molar-refractivity contribution in [3.63, 3.8) is 0 Å². The van der Waals surface area contributed by atoms with Crippen molar-refractivity contribution in [1.82, 2.24) is 20.6 Å². The highest BCUT2D eigenvalue weighted by Crippen LogP contribution is 2.40. The Morgan fingerprint density at radius 2 is 1.74 bits per heavy atom. The number of aromatic amines is 1. The van der Waals surface area contributed by atoms with Crippen LogP contribution in [0.5, 0.6) is 0 Å².